The number of hydrogen-bond acceptors (Lipinski definition) is 4. The topological polar surface area (TPSA) is 68.3 Å². The molecule has 0 aliphatic rings. The van der Waals surface area contributed by atoms with E-state index in [4.69, 9.17) is 16.3 Å². The second-order valence-electron chi connectivity index (χ2n) is 4.16. The maximum Gasteiger partial charge on any atom is 0.235 e. The zero-order chi connectivity index (χ0) is 13.8. The first-order valence-electron chi connectivity index (χ1n) is 5.54. The molecule has 0 bridgehead atoms. The average molecular weight is 293 g/mol. The third-order valence-corrected chi connectivity index (χ3v) is 3.59. The molecular formula is C11H17ClN2O3S. The van der Waals surface area contributed by atoms with Crippen molar-refractivity contribution in [1.82, 2.24) is 4.98 Å². The number of aryl methyl sites for hydroxylation is 1. The van der Waals surface area contributed by atoms with Crippen molar-refractivity contribution in [2.75, 3.05) is 17.1 Å². The van der Waals surface area contributed by atoms with Gasteiger partial charge in [-0.1, -0.05) is 11.6 Å². The zero-order valence-corrected chi connectivity index (χ0v) is 12.2. The highest BCUT2D eigenvalue weighted by Gasteiger charge is 2.12. The summed E-state index contributed by atoms with van der Waals surface area (Å²) in [7, 11) is -3.42. The Morgan fingerprint density at radius 1 is 1.50 bits per heavy atom. The molecule has 1 N–H and O–H groups in total. The number of halogens is 1. The molecule has 1 aromatic rings. The van der Waals surface area contributed by atoms with Gasteiger partial charge in [0.25, 0.3) is 0 Å². The van der Waals surface area contributed by atoms with Crippen LogP contribution in [0.1, 0.15) is 19.4 Å². The summed E-state index contributed by atoms with van der Waals surface area (Å²) < 4.78 is 31.2. The SMILES string of the molecule is Cc1cc(Cl)ncc1NS(=O)(=O)CCOC(C)C. The Morgan fingerprint density at radius 2 is 2.17 bits per heavy atom. The van der Waals surface area contributed by atoms with E-state index in [0.717, 1.165) is 5.56 Å². The highest BCUT2D eigenvalue weighted by Crippen LogP contribution is 2.17. The lowest BCUT2D eigenvalue weighted by molar-refractivity contribution is 0.0913. The van der Waals surface area contributed by atoms with Gasteiger partial charge in [0.05, 0.1) is 30.3 Å². The molecule has 0 aliphatic heterocycles. The monoisotopic (exact) mass is 292 g/mol. The van der Waals surface area contributed by atoms with Crippen molar-refractivity contribution >= 4 is 27.3 Å². The van der Waals surface area contributed by atoms with Crippen LogP contribution in [0.2, 0.25) is 5.15 Å². The number of sulfonamides is 1. The number of aromatic nitrogens is 1. The van der Waals surface area contributed by atoms with Gasteiger partial charge >= 0.3 is 0 Å². The summed E-state index contributed by atoms with van der Waals surface area (Å²) in [4.78, 5) is 3.84. The lowest BCUT2D eigenvalue weighted by atomic mass is 10.3. The standard InChI is InChI=1S/C11H17ClN2O3S/c1-8(2)17-4-5-18(15,16)14-10-7-13-11(12)6-9(10)3/h6-8,14H,4-5H2,1-3H3. The molecular weight excluding hydrogens is 276 g/mol. The molecule has 7 heteroatoms. The van der Waals surface area contributed by atoms with Crippen molar-refractivity contribution in [2.45, 2.75) is 26.9 Å². The first kappa shape index (κ1) is 15.2. The van der Waals surface area contributed by atoms with Crippen LogP contribution in [0.15, 0.2) is 12.3 Å². The summed E-state index contributed by atoms with van der Waals surface area (Å²) in [6, 6.07) is 1.60. The molecule has 0 spiro atoms. The van der Waals surface area contributed by atoms with Gasteiger partial charge in [-0.05, 0) is 32.4 Å². The normalized spacial score (nSPS) is 11.8. The summed E-state index contributed by atoms with van der Waals surface area (Å²) >= 11 is 5.70. The van der Waals surface area contributed by atoms with Crippen LogP contribution >= 0.6 is 11.6 Å². The van der Waals surface area contributed by atoms with Crippen LogP contribution in [0.5, 0.6) is 0 Å². The quantitative estimate of drug-likeness (QED) is 0.816. The number of nitrogens with zero attached hydrogens (tertiary/aromatic N) is 1. The molecule has 1 heterocycles. The van der Waals surface area contributed by atoms with Gasteiger partial charge in [0.15, 0.2) is 0 Å². The smallest absolute Gasteiger partial charge is 0.235 e. The van der Waals surface area contributed by atoms with E-state index in [1.165, 1.54) is 6.20 Å². The van der Waals surface area contributed by atoms with Crippen molar-refractivity contribution in [2.24, 2.45) is 0 Å². The Labute approximate surface area is 113 Å². The fourth-order valence-corrected chi connectivity index (χ4v) is 2.42. The highest BCUT2D eigenvalue weighted by atomic mass is 35.5. The number of pyridine rings is 1. The first-order chi connectivity index (χ1) is 8.30. The van der Waals surface area contributed by atoms with Crippen LogP contribution in [0.25, 0.3) is 0 Å². The second-order valence-corrected chi connectivity index (χ2v) is 6.39. The van der Waals surface area contributed by atoms with Gasteiger partial charge in [0, 0.05) is 0 Å². The molecule has 0 aromatic carbocycles. The fraction of sp³-hybridized carbons (Fsp3) is 0.545. The largest absolute Gasteiger partial charge is 0.378 e. The minimum Gasteiger partial charge on any atom is -0.378 e. The Hall–Kier alpha value is -0.850. The molecule has 1 rings (SSSR count). The van der Waals surface area contributed by atoms with E-state index in [9.17, 15) is 8.42 Å². The number of nitrogens with one attached hydrogen (secondary N) is 1. The lowest BCUT2D eigenvalue weighted by Crippen LogP contribution is -2.22. The summed E-state index contributed by atoms with van der Waals surface area (Å²) in [5.41, 5.74) is 1.16. The maximum absolute atomic E-state index is 11.8. The number of hydrogen-bond donors (Lipinski definition) is 1. The third kappa shape index (κ3) is 5.20. The predicted octanol–water partition coefficient (Wildman–Crippen LogP) is 2.21. The van der Waals surface area contributed by atoms with Gasteiger partial charge in [-0.25, -0.2) is 13.4 Å². The van der Waals surface area contributed by atoms with Gasteiger partial charge < -0.3 is 4.74 Å². The molecule has 0 saturated heterocycles. The van der Waals surface area contributed by atoms with E-state index < -0.39 is 10.0 Å². The van der Waals surface area contributed by atoms with Crippen LogP contribution < -0.4 is 4.72 Å². The number of ether oxygens (including phenoxy) is 1. The van der Waals surface area contributed by atoms with Gasteiger partial charge in [0.2, 0.25) is 10.0 Å². The fourth-order valence-electron chi connectivity index (χ4n) is 1.24. The Kier molecular flexibility index (Phi) is 5.37. The van der Waals surface area contributed by atoms with E-state index in [1.54, 1.807) is 13.0 Å². The van der Waals surface area contributed by atoms with Crippen molar-refractivity contribution in [3.8, 4) is 0 Å². The lowest BCUT2D eigenvalue weighted by Gasteiger charge is -2.11. The Morgan fingerprint density at radius 3 is 2.72 bits per heavy atom. The molecule has 0 unspecified atom stereocenters. The van der Waals surface area contributed by atoms with Crippen LogP contribution in [0, 0.1) is 6.92 Å². The maximum atomic E-state index is 11.8. The van der Waals surface area contributed by atoms with Crippen LogP contribution in [-0.2, 0) is 14.8 Å². The van der Waals surface area contributed by atoms with E-state index in [0.29, 0.717) is 10.8 Å². The van der Waals surface area contributed by atoms with E-state index in [2.05, 4.69) is 9.71 Å². The van der Waals surface area contributed by atoms with Gasteiger partial charge in [-0.3, -0.25) is 4.72 Å². The van der Waals surface area contributed by atoms with E-state index in [-0.39, 0.29) is 18.5 Å². The molecule has 102 valence electrons. The van der Waals surface area contributed by atoms with Gasteiger partial charge in [0.1, 0.15) is 5.15 Å². The molecule has 0 amide bonds. The van der Waals surface area contributed by atoms with Crippen molar-refractivity contribution in [1.29, 1.82) is 0 Å². The molecule has 0 radical (unpaired) electrons. The molecule has 5 nitrogen and oxygen atoms in total. The number of rotatable bonds is 6. The van der Waals surface area contributed by atoms with Crippen LogP contribution in [0.4, 0.5) is 5.69 Å². The zero-order valence-electron chi connectivity index (χ0n) is 10.6. The van der Waals surface area contributed by atoms with Gasteiger partial charge in [-0.2, -0.15) is 0 Å². The van der Waals surface area contributed by atoms with Crippen molar-refractivity contribution in [3.63, 3.8) is 0 Å². The van der Waals surface area contributed by atoms with Crippen LogP contribution in [-0.4, -0.2) is 31.9 Å². The third-order valence-electron chi connectivity index (χ3n) is 2.15. The summed E-state index contributed by atoms with van der Waals surface area (Å²) in [5.74, 6) is -0.0900. The van der Waals surface area contributed by atoms with Gasteiger partial charge in [-0.15, -0.1) is 0 Å². The molecule has 18 heavy (non-hydrogen) atoms. The Bertz CT molecular complexity index is 503. The number of anilines is 1. The van der Waals surface area contributed by atoms with E-state index >= 15 is 0 Å². The van der Waals surface area contributed by atoms with Crippen molar-refractivity contribution < 1.29 is 13.2 Å². The summed E-state index contributed by atoms with van der Waals surface area (Å²) in [6.45, 7) is 5.63. The molecule has 1 aromatic heterocycles. The summed E-state index contributed by atoms with van der Waals surface area (Å²) in [6.07, 6.45) is 1.41. The molecule has 0 saturated carbocycles. The minimum absolute atomic E-state index is 0.0131. The minimum atomic E-state index is -3.42. The van der Waals surface area contributed by atoms with Crippen molar-refractivity contribution in [3.05, 3.63) is 23.0 Å². The second kappa shape index (κ2) is 6.36. The first-order valence-corrected chi connectivity index (χ1v) is 7.57. The Balaban J connectivity index is 2.65. The predicted molar refractivity (Wildman–Crippen MR) is 72.5 cm³/mol. The molecule has 0 atom stereocenters. The average Bonchev–Trinajstić information content (AvgIpc) is 2.21. The summed E-state index contributed by atoms with van der Waals surface area (Å²) in [5, 5.41) is 0.332. The molecule has 0 fully saturated rings. The highest BCUT2D eigenvalue weighted by molar-refractivity contribution is 7.92. The molecule has 0 aliphatic carbocycles. The van der Waals surface area contributed by atoms with Crippen LogP contribution in [0.3, 0.4) is 0 Å². The van der Waals surface area contributed by atoms with E-state index in [1.807, 2.05) is 13.8 Å².